The monoisotopic (exact) mass is 220 g/mol. The van der Waals surface area contributed by atoms with Crippen molar-refractivity contribution in [2.24, 2.45) is 17.3 Å². The van der Waals surface area contributed by atoms with E-state index in [1.54, 1.807) is 0 Å². The molecule has 0 spiro atoms. The Kier molecular flexibility index (Phi) is 3.25. The fourth-order valence-electron chi connectivity index (χ4n) is 3.44. The second kappa shape index (κ2) is 4.37. The minimum absolute atomic E-state index is 0.207. The van der Waals surface area contributed by atoms with Crippen LogP contribution in [0.15, 0.2) is 23.8 Å². The Hall–Kier alpha value is -0.560. The molecule has 2 aliphatic rings. The van der Waals surface area contributed by atoms with Crippen molar-refractivity contribution in [3.05, 3.63) is 23.8 Å². The molecule has 0 aromatic rings. The summed E-state index contributed by atoms with van der Waals surface area (Å²) in [6.45, 7) is 8.79. The number of allylic oxidation sites excluding steroid dienone is 2. The van der Waals surface area contributed by atoms with E-state index in [2.05, 4.69) is 19.6 Å². The van der Waals surface area contributed by atoms with Gasteiger partial charge in [-0.05, 0) is 56.3 Å². The summed E-state index contributed by atoms with van der Waals surface area (Å²) in [5.74, 6) is 1.67. The van der Waals surface area contributed by atoms with E-state index in [1.807, 2.05) is 6.92 Å². The molecular weight excluding hydrogens is 196 g/mol. The Morgan fingerprint density at radius 1 is 1.69 bits per heavy atom. The molecule has 0 heterocycles. The molecule has 0 amide bonds. The van der Waals surface area contributed by atoms with E-state index < -0.39 is 0 Å². The minimum Gasteiger partial charge on any atom is -0.392 e. The molecule has 0 saturated heterocycles. The van der Waals surface area contributed by atoms with Gasteiger partial charge in [0, 0.05) is 0 Å². The highest BCUT2D eigenvalue weighted by Crippen LogP contribution is 2.69. The van der Waals surface area contributed by atoms with Crippen LogP contribution in [0.2, 0.25) is 0 Å². The van der Waals surface area contributed by atoms with Crippen LogP contribution in [0.25, 0.3) is 0 Å². The standard InChI is InChI=1S/C15H24O/c1-11(10-16)5-4-6-13(3)15-8-7-12(2)14(15)9-15/h5,13-14,16H,2,4,6-10H2,1,3H3/b11-5-/t13-,14-,15-/m1/s1. The maximum Gasteiger partial charge on any atom is 0.0639 e. The van der Waals surface area contributed by atoms with Gasteiger partial charge in [0.2, 0.25) is 0 Å². The van der Waals surface area contributed by atoms with Crippen LogP contribution < -0.4 is 0 Å². The molecule has 0 aromatic heterocycles. The average molecular weight is 220 g/mol. The van der Waals surface area contributed by atoms with E-state index in [-0.39, 0.29) is 6.61 Å². The summed E-state index contributed by atoms with van der Waals surface area (Å²) in [6.07, 6.45) is 8.61. The quantitative estimate of drug-likeness (QED) is 0.700. The summed E-state index contributed by atoms with van der Waals surface area (Å²) < 4.78 is 0. The molecule has 2 aliphatic carbocycles. The molecule has 1 heteroatoms. The summed E-state index contributed by atoms with van der Waals surface area (Å²) in [6, 6.07) is 0. The zero-order chi connectivity index (χ0) is 11.8. The molecule has 0 aliphatic heterocycles. The van der Waals surface area contributed by atoms with Crippen LogP contribution in [-0.2, 0) is 0 Å². The Morgan fingerprint density at radius 3 is 2.94 bits per heavy atom. The second-order valence-electron chi connectivity index (χ2n) is 5.84. The third kappa shape index (κ3) is 1.98. The molecule has 1 nitrogen and oxygen atoms in total. The van der Waals surface area contributed by atoms with Gasteiger partial charge in [-0.15, -0.1) is 0 Å². The van der Waals surface area contributed by atoms with Gasteiger partial charge in [-0.2, -0.15) is 0 Å². The van der Waals surface area contributed by atoms with Gasteiger partial charge in [-0.1, -0.05) is 30.7 Å². The van der Waals surface area contributed by atoms with Gasteiger partial charge in [0.1, 0.15) is 0 Å². The Labute approximate surface area is 99.3 Å². The highest BCUT2D eigenvalue weighted by molar-refractivity contribution is 5.26. The molecule has 2 fully saturated rings. The van der Waals surface area contributed by atoms with E-state index >= 15 is 0 Å². The van der Waals surface area contributed by atoms with E-state index in [9.17, 15) is 0 Å². The van der Waals surface area contributed by atoms with Gasteiger partial charge in [-0.3, -0.25) is 0 Å². The van der Waals surface area contributed by atoms with E-state index in [4.69, 9.17) is 5.11 Å². The lowest BCUT2D eigenvalue weighted by molar-refractivity contribution is 0.300. The molecular formula is C15H24O. The lowest BCUT2D eigenvalue weighted by atomic mass is 9.85. The van der Waals surface area contributed by atoms with E-state index in [1.165, 1.54) is 31.3 Å². The molecule has 90 valence electrons. The smallest absolute Gasteiger partial charge is 0.0639 e. The van der Waals surface area contributed by atoms with Crippen molar-refractivity contribution in [3.63, 3.8) is 0 Å². The van der Waals surface area contributed by atoms with Crippen LogP contribution in [0, 0.1) is 17.3 Å². The summed E-state index contributed by atoms with van der Waals surface area (Å²) >= 11 is 0. The van der Waals surface area contributed by atoms with Crippen LogP contribution in [-0.4, -0.2) is 11.7 Å². The number of fused-ring (bicyclic) bond motifs is 1. The third-order valence-electron chi connectivity index (χ3n) is 4.85. The first-order valence-electron chi connectivity index (χ1n) is 6.54. The summed E-state index contributed by atoms with van der Waals surface area (Å²) in [5, 5.41) is 8.93. The van der Waals surface area contributed by atoms with Crippen LogP contribution in [0.5, 0.6) is 0 Å². The summed E-state index contributed by atoms with van der Waals surface area (Å²) in [7, 11) is 0. The molecule has 2 rings (SSSR count). The second-order valence-corrected chi connectivity index (χ2v) is 5.84. The normalized spacial score (nSPS) is 35.1. The van der Waals surface area contributed by atoms with Gasteiger partial charge in [-0.25, -0.2) is 0 Å². The molecule has 3 atom stereocenters. The predicted octanol–water partition coefficient (Wildman–Crippen LogP) is 3.70. The lowest BCUT2D eigenvalue weighted by Crippen LogP contribution is -2.11. The van der Waals surface area contributed by atoms with Gasteiger partial charge < -0.3 is 5.11 Å². The lowest BCUT2D eigenvalue weighted by Gasteiger charge is -2.20. The van der Waals surface area contributed by atoms with Gasteiger partial charge in [0.05, 0.1) is 6.61 Å². The maximum absolute atomic E-state index is 8.93. The van der Waals surface area contributed by atoms with Crippen molar-refractivity contribution in [2.75, 3.05) is 6.61 Å². The molecule has 1 N–H and O–H groups in total. The predicted molar refractivity (Wildman–Crippen MR) is 68.2 cm³/mol. The van der Waals surface area contributed by atoms with Gasteiger partial charge in [0.15, 0.2) is 0 Å². The van der Waals surface area contributed by atoms with Crippen LogP contribution in [0.1, 0.15) is 46.0 Å². The Balaban J connectivity index is 1.82. The van der Waals surface area contributed by atoms with E-state index in [0.717, 1.165) is 23.8 Å². The average Bonchev–Trinajstić information content (AvgIpc) is 2.94. The van der Waals surface area contributed by atoms with Crippen LogP contribution >= 0.6 is 0 Å². The fourth-order valence-corrected chi connectivity index (χ4v) is 3.44. The van der Waals surface area contributed by atoms with Crippen molar-refractivity contribution < 1.29 is 5.11 Å². The summed E-state index contributed by atoms with van der Waals surface area (Å²) in [4.78, 5) is 0. The summed E-state index contributed by atoms with van der Waals surface area (Å²) in [5.41, 5.74) is 3.25. The van der Waals surface area contributed by atoms with Crippen molar-refractivity contribution in [3.8, 4) is 0 Å². The first-order valence-corrected chi connectivity index (χ1v) is 6.54. The Morgan fingerprint density at radius 2 is 2.44 bits per heavy atom. The highest BCUT2D eigenvalue weighted by atomic mass is 16.3. The van der Waals surface area contributed by atoms with Crippen molar-refractivity contribution in [1.29, 1.82) is 0 Å². The van der Waals surface area contributed by atoms with Crippen molar-refractivity contribution in [2.45, 2.75) is 46.0 Å². The zero-order valence-corrected chi connectivity index (χ0v) is 10.6. The van der Waals surface area contributed by atoms with Crippen molar-refractivity contribution in [1.82, 2.24) is 0 Å². The number of hydrogen-bond donors (Lipinski definition) is 1. The Bertz CT molecular complexity index is 315. The van der Waals surface area contributed by atoms with Gasteiger partial charge in [0.25, 0.3) is 0 Å². The molecule has 0 bridgehead atoms. The van der Waals surface area contributed by atoms with Crippen molar-refractivity contribution >= 4 is 0 Å². The number of aliphatic hydroxyl groups excluding tert-OH is 1. The van der Waals surface area contributed by atoms with Gasteiger partial charge >= 0.3 is 0 Å². The topological polar surface area (TPSA) is 20.2 Å². The number of aliphatic hydroxyl groups is 1. The zero-order valence-electron chi connectivity index (χ0n) is 10.6. The molecule has 0 unspecified atom stereocenters. The first-order chi connectivity index (χ1) is 7.60. The largest absolute Gasteiger partial charge is 0.392 e. The van der Waals surface area contributed by atoms with Crippen LogP contribution in [0.3, 0.4) is 0 Å². The first kappa shape index (κ1) is 11.9. The molecule has 2 saturated carbocycles. The highest BCUT2D eigenvalue weighted by Gasteiger charge is 2.60. The van der Waals surface area contributed by atoms with Crippen LogP contribution in [0.4, 0.5) is 0 Å². The molecule has 0 aromatic carbocycles. The number of hydrogen-bond acceptors (Lipinski definition) is 1. The van der Waals surface area contributed by atoms with E-state index in [0.29, 0.717) is 5.41 Å². The maximum atomic E-state index is 8.93. The number of rotatable bonds is 5. The molecule has 0 radical (unpaired) electrons. The fraction of sp³-hybridized carbons (Fsp3) is 0.733. The SMILES string of the molecule is C=C1CC[C@]2([C@H](C)CC/C=C(/C)CO)C[C@H]12. The third-order valence-corrected chi connectivity index (χ3v) is 4.85. The minimum atomic E-state index is 0.207. The molecule has 16 heavy (non-hydrogen) atoms.